The number of nitrogens with zero attached hydrogens (tertiary/aromatic N) is 1. The second-order valence-corrected chi connectivity index (χ2v) is 12.4. The number of halogens is 3. The summed E-state index contributed by atoms with van der Waals surface area (Å²) in [4.78, 5) is 28.9. The van der Waals surface area contributed by atoms with Gasteiger partial charge in [-0.1, -0.05) is 64.3 Å². The minimum Gasteiger partial charge on any atom is -0.496 e. The van der Waals surface area contributed by atoms with Crippen molar-refractivity contribution in [3.05, 3.63) is 59.2 Å². The maximum atomic E-state index is 14.3. The van der Waals surface area contributed by atoms with Crippen LogP contribution in [0.3, 0.4) is 0 Å². The molecule has 0 spiro atoms. The number of carboxylic acid groups (broad SMARTS) is 1. The third-order valence-corrected chi connectivity index (χ3v) is 8.73. The van der Waals surface area contributed by atoms with Gasteiger partial charge in [0, 0.05) is 35.5 Å². The molecule has 1 amide bonds. The van der Waals surface area contributed by atoms with Crippen LogP contribution in [0.1, 0.15) is 75.6 Å². The number of methoxy groups -OCH3 is 2. The maximum absolute atomic E-state index is 14.3. The van der Waals surface area contributed by atoms with Crippen LogP contribution in [-0.2, 0) is 22.3 Å². The van der Waals surface area contributed by atoms with E-state index in [4.69, 9.17) is 9.47 Å². The van der Waals surface area contributed by atoms with Crippen molar-refractivity contribution in [1.29, 1.82) is 0 Å². The monoisotopic (exact) mass is 590 g/mol. The molecule has 1 heterocycles. The fraction of sp³-hybridized carbons (Fsp3) is 0.562. The summed E-state index contributed by atoms with van der Waals surface area (Å²) in [5.74, 6) is -1.48. The third-order valence-electron chi connectivity index (χ3n) is 8.73. The number of ether oxygens (including phenoxy) is 2. The van der Waals surface area contributed by atoms with Gasteiger partial charge in [-0.25, -0.2) is 4.79 Å². The van der Waals surface area contributed by atoms with Crippen molar-refractivity contribution in [1.82, 2.24) is 10.2 Å². The molecular weight excluding hydrogens is 549 g/mol. The summed E-state index contributed by atoms with van der Waals surface area (Å²) >= 11 is 0. The number of alkyl halides is 3. The van der Waals surface area contributed by atoms with Gasteiger partial charge in [-0.05, 0) is 36.5 Å². The summed E-state index contributed by atoms with van der Waals surface area (Å²) in [6.45, 7) is 5.96. The minimum atomic E-state index is -4.52. The standard InChI is InChI=1S/C32H41F3N2O5/c1-31(2,3)25-26(36-18-20-15-16-21(32(33,34)35)17-24(20)42-5)27(22-13-9-10-14-23(22)41-4)37(28(25)30(39)40)29(38)19-11-7-6-8-12-19/h9-10,13-17,19,25-28,36H,6-8,11-12,18H2,1-5H3,(H,39,40)/t25-,26-,27-,28-/m0/s1. The van der Waals surface area contributed by atoms with Gasteiger partial charge in [-0.15, -0.1) is 0 Å². The van der Waals surface area contributed by atoms with Crippen LogP contribution in [0.25, 0.3) is 0 Å². The number of nitrogens with one attached hydrogen (secondary N) is 1. The average Bonchev–Trinajstić information content (AvgIpc) is 3.31. The van der Waals surface area contributed by atoms with Crippen molar-refractivity contribution in [3.8, 4) is 11.5 Å². The van der Waals surface area contributed by atoms with Crippen molar-refractivity contribution in [2.75, 3.05) is 14.2 Å². The first-order chi connectivity index (χ1) is 19.8. The molecule has 1 aliphatic carbocycles. The molecule has 2 fully saturated rings. The summed E-state index contributed by atoms with van der Waals surface area (Å²) in [5.41, 5.74) is -0.217. The van der Waals surface area contributed by atoms with Gasteiger partial charge < -0.3 is 24.8 Å². The number of aliphatic carboxylic acids is 1. The predicted molar refractivity (Wildman–Crippen MR) is 152 cm³/mol. The summed E-state index contributed by atoms with van der Waals surface area (Å²) < 4.78 is 51.1. The zero-order chi connectivity index (χ0) is 30.8. The Bertz CT molecular complexity index is 1270. The summed E-state index contributed by atoms with van der Waals surface area (Å²) in [6, 6.07) is 8.23. The Morgan fingerprint density at radius 2 is 1.62 bits per heavy atom. The van der Waals surface area contributed by atoms with Gasteiger partial charge in [0.1, 0.15) is 17.5 Å². The van der Waals surface area contributed by atoms with Gasteiger partial charge in [0.15, 0.2) is 0 Å². The molecule has 4 rings (SSSR count). The average molecular weight is 591 g/mol. The highest BCUT2D eigenvalue weighted by molar-refractivity contribution is 5.87. The lowest BCUT2D eigenvalue weighted by molar-refractivity contribution is -0.154. The fourth-order valence-electron chi connectivity index (χ4n) is 6.82. The Morgan fingerprint density at radius 3 is 2.19 bits per heavy atom. The normalized spacial score (nSPS) is 23.6. The van der Waals surface area contributed by atoms with Crippen LogP contribution >= 0.6 is 0 Å². The predicted octanol–water partition coefficient (Wildman–Crippen LogP) is 6.46. The van der Waals surface area contributed by atoms with E-state index in [1.54, 1.807) is 11.0 Å². The molecule has 2 aromatic carbocycles. The number of amides is 1. The lowest BCUT2D eigenvalue weighted by atomic mass is 9.72. The van der Waals surface area contributed by atoms with E-state index in [9.17, 15) is 27.9 Å². The Labute approximate surface area is 245 Å². The molecule has 42 heavy (non-hydrogen) atoms. The first-order valence-corrected chi connectivity index (χ1v) is 14.4. The van der Waals surface area contributed by atoms with Crippen molar-refractivity contribution in [3.63, 3.8) is 0 Å². The molecule has 1 aliphatic heterocycles. The number of benzene rings is 2. The summed E-state index contributed by atoms with van der Waals surface area (Å²) in [5, 5.41) is 14.2. The quantitative estimate of drug-likeness (QED) is 0.367. The van der Waals surface area contributed by atoms with Crippen molar-refractivity contribution >= 4 is 11.9 Å². The number of hydrogen-bond acceptors (Lipinski definition) is 5. The van der Waals surface area contributed by atoms with E-state index >= 15 is 0 Å². The van der Waals surface area contributed by atoms with E-state index in [0.717, 1.165) is 31.4 Å². The van der Waals surface area contributed by atoms with Gasteiger partial charge in [-0.3, -0.25) is 4.79 Å². The molecule has 2 N–H and O–H groups in total. The van der Waals surface area contributed by atoms with Crippen molar-refractivity contribution in [2.45, 2.75) is 83.7 Å². The summed E-state index contributed by atoms with van der Waals surface area (Å²) in [6.07, 6.45) is -0.223. The Kier molecular flexibility index (Phi) is 9.45. The molecule has 0 bridgehead atoms. The van der Waals surface area contributed by atoms with Crippen molar-refractivity contribution in [2.24, 2.45) is 17.3 Å². The Morgan fingerprint density at radius 1 is 0.976 bits per heavy atom. The lowest BCUT2D eigenvalue weighted by Gasteiger charge is -2.36. The number of para-hydroxylation sites is 1. The molecule has 2 aliphatic rings. The van der Waals surface area contributed by atoms with Gasteiger partial charge in [0.2, 0.25) is 5.91 Å². The highest BCUT2D eigenvalue weighted by Crippen LogP contribution is 2.51. The first kappa shape index (κ1) is 31.7. The molecule has 0 aromatic heterocycles. The van der Waals surface area contributed by atoms with Crippen LogP contribution in [-0.4, -0.2) is 48.2 Å². The molecule has 1 saturated carbocycles. The second-order valence-electron chi connectivity index (χ2n) is 12.4. The molecule has 0 unspecified atom stereocenters. The van der Waals surface area contributed by atoms with E-state index in [1.165, 1.54) is 20.3 Å². The molecule has 4 atom stereocenters. The molecular formula is C32H41F3N2O5. The van der Waals surface area contributed by atoms with Gasteiger partial charge in [-0.2, -0.15) is 13.2 Å². The van der Waals surface area contributed by atoms with E-state index in [-0.39, 0.29) is 24.1 Å². The van der Waals surface area contributed by atoms with Crippen LogP contribution in [0.2, 0.25) is 0 Å². The largest absolute Gasteiger partial charge is 0.496 e. The van der Waals surface area contributed by atoms with E-state index in [1.807, 2.05) is 39.0 Å². The zero-order valence-corrected chi connectivity index (χ0v) is 24.8. The topological polar surface area (TPSA) is 88.1 Å². The van der Waals surface area contributed by atoms with Crippen LogP contribution in [0.4, 0.5) is 13.2 Å². The number of carboxylic acids is 1. The van der Waals surface area contributed by atoms with Crippen LogP contribution in [0.5, 0.6) is 11.5 Å². The number of hydrogen-bond donors (Lipinski definition) is 2. The number of carbonyl (C=O) groups is 2. The number of likely N-dealkylation sites (tertiary alicyclic amines) is 1. The van der Waals surface area contributed by atoms with Gasteiger partial charge >= 0.3 is 12.1 Å². The highest BCUT2D eigenvalue weighted by Gasteiger charge is 2.59. The van der Waals surface area contributed by atoms with E-state index < -0.39 is 47.2 Å². The number of carbonyl (C=O) groups excluding carboxylic acids is 1. The van der Waals surface area contributed by atoms with E-state index in [2.05, 4.69) is 5.32 Å². The van der Waals surface area contributed by atoms with Crippen molar-refractivity contribution < 1.29 is 37.3 Å². The third kappa shape index (κ3) is 6.38. The Hall–Kier alpha value is -3.27. The van der Waals surface area contributed by atoms with Crippen LogP contribution < -0.4 is 14.8 Å². The molecule has 1 saturated heterocycles. The molecule has 0 radical (unpaired) electrons. The fourth-order valence-corrected chi connectivity index (χ4v) is 6.82. The zero-order valence-electron chi connectivity index (χ0n) is 24.8. The molecule has 7 nitrogen and oxygen atoms in total. The number of rotatable bonds is 8. The minimum absolute atomic E-state index is 0.0707. The van der Waals surface area contributed by atoms with Crippen LogP contribution in [0, 0.1) is 17.3 Å². The van der Waals surface area contributed by atoms with Crippen LogP contribution in [0.15, 0.2) is 42.5 Å². The maximum Gasteiger partial charge on any atom is 0.416 e. The van der Waals surface area contributed by atoms with E-state index in [0.29, 0.717) is 29.7 Å². The highest BCUT2D eigenvalue weighted by atomic mass is 19.4. The SMILES string of the molecule is COc1cc(C(F)(F)F)ccc1CN[C@H]1[C@H](C(C)(C)C)[C@@H](C(=O)O)N(C(=O)C2CCCCC2)[C@H]1c1ccccc1OC. The lowest BCUT2D eigenvalue weighted by Crippen LogP contribution is -2.49. The first-order valence-electron chi connectivity index (χ1n) is 14.4. The molecule has 2 aromatic rings. The molecule has 230 valence electrons. The van der Waals surface area contributed by atoms with Gasteiger partial charge in [0.25, 0.3) is 0 Å². The summed E-state index contributed by atoms with van der Waals surface area (Å²) in [7, 11) is 2.85. The molecule has 10 heteroatoms. The van der Waals surface area contributed by atoms with Gasteiger partial charge in [0.05, 0.1) is 25.8 Å². The Balaban J connectivity index is 1.84. The second kappa shape index (κ2) is 12.5. The smallest absolute Gasteiger partial charge is 0.416 e.